The highest BCUT2D eigenvalue weighted by Gasteiger charge is 2.22. The Morgan fingerprint density at radius 2 is 1.70 bits per heavy atom. The molecular formula is C21H22N4O4S. The van der Waals surface area contributed by atoms with E-state index in [0.29, 0.717) is 42.9 Å². The first-order valence-corrected chi connectivity index (χ1v) is 11.0. The van der Waals surface area contributed by atoms with Crippen LogP contribution in [0.15, 0.2) is 65.7 Å². The van der Waals surface area contributed by atoms with Crippen molar-refractivity contribution in [2.24, 2.45) is 0 Å². The molecule has 1 aliphatic heterocycles. The number of sulfonamides is 1. The summed E-state index contributed by atoms with van der Waals surface area (Å²) in [5.74, 6) is -0.0848. The number of amides is 1. The van der Waals surface area contributed by atoms with Crippen LogP contribution in [0.25, 0.3) is 10.9 Å². The normalized spacial score (nSPS) is 15.3. The van der Waals surface area contributed by atoms with E-state index in [2.05, 4.69) is 9.71 Å². The van der Waals surface area contributed by atoms with Crippen LogP contribution in [0, 0.1) is 0 Å². The van der Waals surface area contributed by atoms with Crippen molar-refractivity contribution in [3.05, 3.63) is 66.4 Å². The lowest BCUT2D eigenvalue weighted by Crippen LogP contribution is -2.48. The number of nitrogens with zero attached hydrogens (tertiary/aromatic N) is 3. The van der Waals surface area contributed by atoms with Crippen molar-refractivity contribution in [3.63, 3.8) is 0 Å². The molecule has 0 spiro atoms. The average molecular weight is 426 g/mol. The zero-order chi connectivity index (χ0) is 21.1. The van der Waals surface area contributed by atoms with Crippen LogP contribution in [-0.2, 0) is 14.9 Å². The smallest absolute Gasteiger partial charge is 0.264 e. The Balaban J connectivity index is 1.50. The average Bonchev–Trinajstić information content (AvgIpc) is 2.78. The number of carbonyl (C=O) groups excluding carboxylic acids is 1. The molecule has 2 heterocycles. The van der Waals surface area contributed by atoms with Crippen molar-refractivity contribution in [1.82, 2.24) is 14.9 Å². The van der Waals surface area contributed by atoms with Gasteiger partial charge in [-0.1, -0.05) is 18.2 Å². The number of hydrogen-bond acceptors (Lipinski definition) is 6. The van der Waals surface area contributed by atoms with Gasteiger partial charge in [0.1, 0.15) is 4.90 Å². The third-order valence-corrected chi connectivity index (χ3v) is 6.47. The van der Waals surface area contributed by atoms with Gasteiger partial charge in [-0.15, -0.1) is 0 Å². The number of rotatable bonds is 5. The van der Waals surface area contributed by atoms with Gasteiger partial charge in [0, 0.05) is 49.0 Å². The summed E-state index contributed by atoms with van der Waals surface area (Å²) in [4.78, 5) is 23.9. The molecule has 0 atom stereocenters. The lowest BCUT2D eigenvalue weighted by molar-refractivity contribution is -0.147. The number of piperazine rings is 1. The van der Waals surface area contributed by atoms with Gasteiger partial charge in [-0.05, 0) is 36.4 Å². The fraction of sp³-hybridized carbons (Fsp3) is 0.238. The molecule has 1 aromatic heterocycles. The summed E-state index contributed by atoms with van der Waals surface area (Å²) in [7, 11) is -2.21. The number of para-hydroxylation sites is 1. The topological polar surface area (TPSA) is 91.8 Å². The van der Waals surface area contributed by atoms with Gasteiger partial charge in [-0.2, -0.15) is 5.06 Å². The number of hydrogen-bond donors (Lipinski definition) is 1. The van der Waals surface area contributed by atoms with Gasteiger partial charge < -0.3 is 9.74 Å². The lowest BCUT2D eigenvalue weighted by Gasteiger charge is -2.33. The summed E-state index contributed by atoms with van der Waals surface area (Å²) in [5, 5.41) is 2.55. The maximum absolute atomic E-state index is 12.9. The number of fused-ring (bicyclic) bond motifs is 1. The number of benzene rings is 2. The van der Waals surface area contributed by atoms with Gasteiger partial charge >= 0.3 is 0 Å². The van der Waals surface area contributed by atoms with E-state index < -0.39 is 10.0 Å². The Morgan fingerprint density at radius 1 is 1.00 bits per heavy atom. The maximum Gasteiger partial charge on any atom is 0.264 e. The molecule has 1 amide bonds. The van der Waals surface area contributed by atoms with Crippen LogP contribution in [0.1, 0.15) is 10.4 Å². The van der Waals surface area contributed by atoms with E-state index in [1.807, 2.05) is 17.2 Å². The Labute approximate surface area is 175 Å². The minimum absolute atomic E-state index is 0.0848. The minimum Gasteiger partial charge on any atom is -0.336 e. The molecule has 8 nitrogen and oxygen atoms in total. The van der Waals surface area contributed by atoms with E-state index in [0.717, 1.165) is 5.39 Å². The van der Waals surface area contributed by atoms with Crippen LogP contribution in [0.2, 0.25) is 0 Å². The highest BCUT2D eigenvalue weighted by atomic mass is 32.2. The minimum atomic E-state index is -3.83. The van der Waals surface area contributed by atoms with Crippen molar-refractivity contribution in [3.8, 4) is 0 Å². The number of pyridine rings is 1. The van der Waals surface area contributed by atoms with Gasteiger partial charge in [0.15, 0.2) is 0 Å². The largest absolute Gasteiger partial charge is 0.336 e. The molecule has 0 radical (unpaired) electrons. The van der Waals surface area contributed by atoms with Crippen LogP contribution in [0.5, 0.6) is 0 Å². The predicted molar refractivity (Wildman–Crippen MR) is 113 cm³/mol. The van der Waals surface area contributed by atoms with Gasteiger partial charge in [0.05, 0.1) is 12.6 Å². The zero-order valence-electron chi connectivity index (χ0n) is 16.5. The Kier molecular flexibility index (Phi) is 5.67. The van der Waals surface area contributed by atoms with E-state index in [4.69, 9.17) is 4.84 Å². The Hall–Kier alpha value is -3.01. The molecule has 0 bridgehead atoms. The molecule has 156 valence electrons. The summed E-state index contributed by atoms with van der Waals surface area (Å²) >= 11 is 0. The summed E-state index contributed by atoms with van der Waals surface area (Å²) < 4.78 is 28.4. The third-order valence-electron chi connectivity index (χ3n) is 5.05. The number of nitrogens with one attached hydrogen (secondary N) is 1. The van der Waals surface area contributed by atoms with Crippen LogP contribution >= 0.6 is 0 Å². The van der Waals surface area contributed by atoms with Gasteiger partial charge in [0.2, 0.25) is 0 Å². The molecule has 0 saturated carbocycles. The number of carbonyl (C=O) groups is 1. The monoisotopic (exact) mass is 426 g/mol. The second kappa shape index (κ2) is 8.39. The third kappa shape index (κ3) is 4.13. The number of anilines is 1. The molecule has 1 aliphatic rings. The van der Waals surface area contributed by atoms with Gasteiger partial charge in [0.25, 0.3) is 15.9 Å². The highest BCUT2D eigenvalue weighted by Crippen LogP contribution is 2.23. The highest BCUT2D eigenvalue weighted by molar-refractivity contribution is 7.93. The number of hydroxylamine groups is 2. The SMILES string of the molecule is CON1CCN(C(=O)c2ccc(NS(=O)(=O)c3cccc4cccnc34)cc2)CC1. The number of aromatic nitrogens is 1. The fourth-order valence-corrected chi connectivity index (χ4v) is 4.68. The fourth-order valence-electron chi connectivity index (χ4n) is 3.44. The summed E-state index contributed by atoms with van der Waals surface area (Å²) in [5.41, 5.74) is 1.30. The first-order chi connectivity index (χ1) is 14.5. The molecule has 0 aliphatic carbocycles. The quantitative estimate of drug-likeness (QED) is 0.673. The Bertz CT molecular complexity index is 1150. The predicted octanol–water partition coefficient (Wildman–Crippen LogP) is 2.35. The van der Waals surface area contributed by atoms with E-state index in [-0.39, 0.29) is 10.8 Å². The van der Waals surface area contributed by atoms with Crippen molar-refractivity contribution in [2.75, 3.05) is 38.0 Å². The molecule has 1 N–H and O–H groups in total. The van der Waals surface area contributed by atoms with E-state index in [1.54, 1.807) is 54.6 Å². The van der Waals surface area contributed by atoms with E-state index in [9.17, 15) is 13.2 Å². The molecule has 1 saturated heterocycles. The van der Waals surface area contributed by atoms with Crippen molar-refractivity contribution in [2.45, 2.75) is 4.90 Å². The van der Waals surface area contributed by atoms with Crippen LogP contribution in [0.4, 0.5) is 5.69 Å². The second-order valence-electron chi connectivity index (χ2n) is 6.92. The molecule has 30 heavy (non-hydrogen) atoms. The molecule has 2 aromatic carbocycles. The summed E-state index contributed by atoms with van der Waals surface area (Å²) in [6, 6.07) is 15.0. The lowest BCUT2D eigenvalue weighted by atomic mass is 10.1. The standard InChI is InChI=1S/C21H22N4O4S/c1-29-25-14-12-24(13-15-25)21(26)17-7-9-18(10-8-17)23-30(27,28)19-6-2-4-16-5-3-11-22-20(16)19/h2-11,23H,12-15H2,1H3. The van der Waals surface area contributed by atoms with Crippen LogP contribution < -0.4 is 4.72 Å². The van der Waals surface area contributed by atoms with Crippen LogP contribution in [0.3, 0.4) is 0 Å². The molecular weight excluding hydrogens is 404 g/mol. The van der Waals surface area contributed by atoms with Crippen LogP contribution in [-0.4, -0.2) is 62.6 Å². The molecule has 9 heteroatoms. The first-order valence-electron chi connectivity index (χ1n) is 9.53. The van der Waals surface area contributed by atoms with Gasteiger partial charge in [-0.3, -0.25) is 14.5 Å². The van der Waals surface area contributed by atoms with Crippen molar-refractivity contribution < 1.29 is 18.0 Å². The molecule has 3 aromatic rings. The molecule has 1 fully saturated rings. The van der Waals surface area contributed by atoms with Crippen molar-refractivity contribution in [1.29, 1.82) is 0 Å². The van der Waals surface area contributed by atoms with E-state index >= 15 is 0 Å². The Morgan fingerprint density at radius 3 is 2.40 bits per heavy atom. The van der Waals surface area contributed by atoms with E-state index in [1.165, 1.54) is 6.07 Å². The molecule has 0 unspecified atom stereocenters. The summed E-state index contributed by atoms with van der Waals surface area (Å²) in [6.07, 6.45) is 1.56. The van der Waals surface area contributed by atoms with Gasteiger partial charge in [-0.25, -0.2) is 8.42 Å². The summed E-state index contributed by atoms with van der Waals surface area (Å²) in [6.45, 7) is 2.46. The first kappa shape index (κ1) is 20.3. The zero-order valence-corrected chi connectivity index (χ0v) is 17.3. The molecule has 4 rings (SSSR count). The van der Waals surface area contributed by atoms with Crippen molar-refractivity contribution >= 4 is 32.5 Å². The second-order valence-corrected chi connectivity index (χ2v) is 8.57. The maximum atomic E-state index is 12.9.